The summed E-state index contributed by atoms with van der Waals surface area (Å²) in [4.78, 5) is 23.9. The van der Waals surface area contributed by atoms with Crippen molar-refractivity contribution in [2.24, 2.45) is 4.99 Å². The van der Waals surface area contributed by atoms with Crippen LogP contribution in [-0.4, -0.2) is 47.0 Å². The Bertz CT molecular complexity index is 1090. The van der Waals surface area contributed by atoms with Gasteiger partial charge in [0, 0.05) is 17.9 Å². The minimum Gasteiger partial charge on any atom is -0.462 e. The van der Waals surface area contributed by atoms with E-state index in [1.165, 1.54) is 0 Å². The average Bonchev–Trinajstić information content (AvgIpc) is 2.80. The fourth-order valence-corrected chi connectivity index (χ4v) is 2.67. The van der Waals surface area contributed by atoms with Crippen LogP contribution in [0.1, 0.15) is 6.92 Å². The maximum atomic E-state index is 14.3. The van der Waals surface area contributed by atoms with Gasteiger partial charge in [-0.05, 0) is 37.3 Å². The number of hydrogen-bond acceptors (Lipinski definition) is 9. The Hall–Kier alpha value is -4.05. The van der Waals surface area contributed by atoms with E-state index in [0.29, 0.717) is 23.6 Å². The highest BCUT2D eigenvalue weighted by atomic mass is 19.1. The van der Waals surface area contributed by atoms with E-state index in [1.807, 2.05) is 6.07 Å². The number of carbonyl (C=O) groups is 1. The van der Waals surface area contributed by atoms with Crippen LogP contribution in [-0.2, 0) is 9.53 Å². The Morgan fingerprint density at radius 1 is 1.19 bits per heavy atom. The molecule has 0 bridgehead atoms. The number of halogens is 1. The molecule has 0 unspecified atom stereocenters. The number of aliphatic imine (C=N–C) groups is 1. The summed E-state index contributed by atoms with van der Waals surface area (Å²) in [7, 11) is 0. The minimum absolute atomic E-state index is 0.00146. The quantitative estimate of drug-likeness (QED) is 0.279. The summed E-state index contributed by atoms with van der Waals surface area (Å²) in [5.41, 5.74) is 2.37. The number of benzene rings is 2. The average molecular weight is 438 g/mol. The summed E-state index contributed by atoms with van der Waals surface area (Å²) in [6, 6.07) is 14.1. The van der Waals surface area contributed by atoms with Crippen LogP contribution >= 0.6 is 0 Å². The number of rotatable bonds is 10. The van der Waals surface area contributed by atoms with E-state index < -0.39 is 11.8 Å². The number of nitrogens with one attached hydrogen (secondary N) is 3. The molecule has 32 heavy (non-hydrogen) atoms. The molecule has 4 N–H and O–H groups in total. The van der Waals surface area contributed by atoms with Crippen molar-refractivity contribution >= 4 is 46.7 Å². The monoisotopic (exact) mass is 438 g/mol. The molecule has 0 amide bonds. The zero-order valence-corrected chi connectivity index (χ0v) is 17.4. The van der Waals surface area contributed by atoms with Gasteiger partial charge in [-0.2, -0.15) is 4.98 Å². The van der Waals surface area contributed by atoms with Crippen LogP contribution in [0.2, 0.25) is 0 Å². The first kappa shape index (κ1) is 22.6. The van der Waals surface area contributed by atoms with Crippen LogP contribution < -0.4 is 16.0 Å². The van der Waals surface area contributed by atoms with E-state index in [9.17, 15) is 9.18 Å². The van der Waals surface area contributed by atoms with Gasteiger partial charge in [-0.1, -0.05) is 18.2 Å². The highest BCUT2D eigenvalue weighted by molar-refractivity contribution is 6.23. The van der Waals surface area contributed by atoms with Crippen molar-refractivity contribution in [2.45, 2.75) is 6.92 Å². The zero-order valence-electron chi connectivity index (χ0n) is 17.4. The predicted octanol–water partition coefficient (Wildman–Crippen LogP) is 3.77. The van der Waals surface area contributed by atoms with Crippen molar-refractivity contribution < 1.29 is 19.0 Å². The number of aromatic nitrogens is 2. The van der Waals surface area contributed by atoms with E-state index in [0.717, 1.165) is 18.1 Å². The first-order chi connectivity index (χ1) is 15.6. The highest BCUT2D eigenvalue weighted by Gasteiger charge is 2.10. The molecular weight excluding hydrogens is 415 g/mol. The topological polar surface area (TPSA) is 121 Å². The Morgan fingerprint density at radius 2 is 2.00 bits per heavy atom. The maximum absolute atomic E-state index is 14.3. The van der Waals surface area contributed by atoms with Gasteiger partial charge in [-0.15, -0.1) is 0 Å². The van der Waals surface area contributed by atoms with Crippen molar-refractivity contribution in [3.05, 3.63) is 60.5 Å². The number of para-hydroxylation sites is 2. The van der Waals surface area contributed by atoms with Crippen molar-refractivity contribution in [1.82, 2.24) is 9.97 Å². The summed E-state index contributed by atoms with van der Waals surface area (Å²) < 4.78 is 19.2. The third-order valence-electron chi connectivity index (χ3n) is 4.06. The van der Waals surface area contributed by atoms with E-state index in [4.69, 9.17) is 9.84 Å². The Balaban J connectivity index is 1.78. The number of carbonyl (C=O) groups excluding carboxylic acids is 1. The lowest BCUT2D eigenvalue weighted by atomic mass is 10.2. The van der Waals surface area contributed by atoms with Gasteiger partial charge >= 0.3 is 5.97 Å². The van der Waals surface area contributed by atoms with Crippen LogP contribution in [0.5, 0.6) is 0 Å². The van der Waals surface area contributed by atoms with Crippen molar-refractivity contribution in [1.29, 1.82) is 0 Å². The second-order valence-electron chi connectivity index (χ2n) is 6.40. The summed E-state index contributed by atoms with van der Waals surface area (Å²) >= 11 is 0. The Kier molecular flexibility index (Phi) is 8.04. The normalized spacial score (nSPS) is 10.7. The number of aliphatic hydroxyl groups is 1. The number of esters is 1. The van der Waals surface area contributed by atoms with Crippen molar-refractivity contribution in [3.8, 4) is 0 Å². The molecule has 0 saturated carbocycles. The van der Waals surface area contributed by atoms with Crippen molar-refractivity contribution in [3.63, 3.8) is 0 Å². The zero-order chi connectivity index (χ0) is 22.8. The van der Waals surface area contributed by atoms with Gasteiger partial charge in [0.25, 0.3) is 0 Å². The molecular formula is C22H23FN6O3. The van der Waals surface area contributed by atoms with Gasteiger partial charge in [0.2, 0.25) is 5.95 Å². The van der Waals surface area contributed by atoms with Crippen LogP contribution in [0.25, 0.3) is 0 Å². The van der Waals surface area contributed by atoms with E-state index in [2.05, 4.69) is 30.9 Å². The Labute approximate surface area is 184 Å². The fraction of sp³-hybridized carbons (Fsp3) is 0.182. The first-order valence-corrected chi connectivity index (χ1v) is 9.90. The molecule has 1 aromatic heterocycles. The molecule has 0 atom stereocenters. The lowest BCUT2D eigenvalue weighted by molar-refractivity contribution is -0.134. The summed E-state index contributed by atoms with van der Waals surface area (Å²) in [6.45, 7) is 2.36. The summed E-state index contributed by atoms with van der Waals surface area (Å²) in [5.74, 6) is -1.06. The maximum Gasteiger partial charge on any atom is 0.349 e. The highest BCUT2D eigenvalue weighted by Crippen LogP contribution is 2.27. The molecule has 3 rings (SSSR count). The van der Waals surface area contributed by atoms with Crippen LogP contribution in [0.15, 0.2) is 59.7 Å². The number of ether oxygens (including phenoxy) is 1. The molecule has 0 aliphatic carbocycles. The largest absolute Gasteiger partial charge is 0.462 e. The molecule has 0 aliphatic heterocycles. The molecule has 2 aromatic carbocycles. The molecule has 0 saturated heterocycles. The molecule has 1 heterocycles. The van der Waals surface area contributed by atoms with E-state index in [1.54, 1.807) is 49.4 Å². The summed E-state index contributed by atoms with van der Waals surface area (Å²) in [5, 5.41) is 17.9. The van der Waals surface area contributed by atoms with Gasteiger partial charge in [-0.25, -0.2) is 19.2 Å². The van der Waals surface area contributed by atoms with Crippen molar-refractivity contribution in [2.75, 3.05) is 35.7 Å². The van der Waals surface area contributed by atoms with Crippen LogP contribution in [0, 0.1) is 5.82 Å². The van der Waals surface area contributed by atoms with Gasteiger partial charge in [0.1, 0.15) is 6.21 Å². The molecule has 3 aromatic rings. The van der Waals surface area contributed by atoms with E-state index in [-0.39, 0.29) is 25.0 Å². The number of nitrogens with zero attached hydrogens (tertiary/aromatic N) is 3. The third-order valence-corrected chi connectivity index (χ3v) is 4.06. The Morgan fingerprint density at radius 3 is 2.81 bits per heavy atom. The van der Waals surface area contributed by atoms with Gasteiger partial charge < -0.3 is 25.8 Å². The molecule has 0 fully saturated rings. The lowest BCUT2D eigenvalue weighted by Gasteiger charge is -2.12. The second-order valence-corrected chi connectivity index (χ2v) is 6.40. The molecule has 166 valence electrons. The fourth-order valence-electron chi connectivity index (χ4n) is 2.67. The van der Waals surface area contributed by atoms with Gasteiger partial charge in [0.05, 0.1) is 30.8 Å². The number of hydrogen-bond donors (Lipinski definition) is 4. The molecule has 0 spiro atoms. The third kappa shape index (κ3) is 6.47. The molecule has 10 heteroatoms. The van der Waals surface area contributed by atoms with Gasteiger partial charge in [-0.3, -0.25) is 0 Å². The molecule has 0 aliphatic rings. The standard InChI is InChI=1S/C22H23FN6O3/c1-2-32-20(31)14-25-18-8-3-4-9-19(18)28-22-26-13-17(23)21(29-22)27-16-7-5-6-15(12-16)24-10-11-30/h3-9,12-14,24,30H,2,10-11H2,1H3,(H2,26,27,28,29)/b25-14+. The summed E-state index contributed by atoms with van der Waals surface area (Å²) in [6.07, 6.45) is 2.14. The molecule has 9 nitrogen and oxygen atoms in total. The smallest absolute Gasteiger partial charge is 0.349 e. The van der Waals surface area contributed by atoms with Crippen LogP contribution in [0.3, 0.4) is 0 Å². The van der Waals surface area contributed by atoms with Gasteiger partial charge in [0.15, 0.2) is 11.6 Å². The first-order valence-electron chi connectivity index (χ1n) is 9.90. The number of aliphatic hydroxyl groups excluding tert-OH is 1. The molecule has 0 radical (unpaired) electrons. The SMILES string of the molecule is CCOC(=O)/C=N/c1ccccc1Nc1ncc(F)c(Nc2cccc(NCCO)c2)n1. The predicted molar refractivity (Wildman–Crippen MR) is 122 cm³/mol. The second kappa shape index (κ2) is 11.4. The minimum atomic E-state index is -0.627. The van der Waals surface area contributed by atoms with Crippen LogP contribution in [0.4, 0.5) is 38.9 Å². The number of anilines is 5. The van der Waals surface area contributed by atoms with E-state index >= 15 is 0 Å². The lowest BCUT2D eigenvalue weighted by Crippen LogP contribution is -2.06.